The van der Waals surface area contributed by atoms with E-state index in [1.54, 1.807) is 19.1 Å². The van der Waals surface area contributed by atoms with Gasteiger partial charge in [0.2, 0.25) is 0 Å². The van der Waals surface area contributed by atoms with Crippen molar-refractivity contribution in [2.24, 2.45) is 0 Å². The van der Waals surface area contributed by atoms with Crippen molar-refractivity contribution in [3.05, 3.63) is 39.5 Å². The van der Waals surface area contributed by atoms with E-state index in [4.69, 9.17) is 10.2 Å². The zero-order chi connectivity index (χ0) is 13.4. The number of aromatic nitrogens is 1. The third-order valence-electron chi connectivity index (χ3n) is 2.52. The lowest BCUT2D eigenvalue weighted by molar-refractivity contribution is 0.0691. The molecule has 0 radical (unpaired) electrons. The summed E-state index contributed by atoms with van der Waals surface area (Å²) in [5.41, 5.74) is 0.757. The van der Waals surface area contributed by atoms with E-state index in [9.17, 15) is 9.59 Å². The molecular formula is C12H8BrNO4. The zero-order valence-corrected chi connectivity index (χ0v) is 10.9. The summed E-state index contributed by atoms with van der Waals surface area (Å²) in [7, 11) is 0. The Morgan fingerprint density at radius 3 is 2.39 bits per heavy atom. The number of aromatic carboxylic acids is 2. The molecule has 0 aliphatic rings. The summed E-state index contributed by atoms with van der Waals surface area (Å²) in [4.78, 5) is 26.1. The summed E-state index contributed by atoms with van der Waals surface area (Å²) in [6, 6.07) is 4.44. The quantitative estimate of drug-likeness (QED) is 0.890. The summed E-state index contributed by atoms with van der Waals surface area (Å²) >= 11 is 3.28. The van der Waals surface area contributed by atoms with Crippen LogP contribution in [0.1, 0.15) is 26.4 Å². The molecule has 0 aliphatic carbocycles. The van der Waals surface area contributed by atoms with Crippen molar-refractivity contribution in [2.45, 2.75) is 6.92 Å². The lowest BCUT2D eigenvalue weighted by atomic mass is 10.0. The van der Waals surface area contributed by atoms with Crippen LogP contribution in [-0.2, 0) is 0 Å². The molecule has 1 aromatic heterocycles. The number of hydrogen-bond acceptors (Lipinski definition) is 3. The predicted molar refractivity (Wildman–Crippen MR) is 68.1 cm³/mol. The number of carbonyl (C=O) groups is 2. The lowest BCUT2D eigenvalue weighted by Crippen LogP contribution is -2.07. The highest BCUT2D eigenvalue weighted by molar-refractivity contribution is 9.10. The Labute approximate surface area is 110 Å². The first kappa shape index (κ1) is 12.5. The summed E-state index contributed by atoms with van der Waals surface area (Å²) in [5, 5.41) is 18.5. The highest BCUT2D eigenvalue weighted by Crippen LogP contribution is 2.26. The Morgan fingerprint density at radius 1 is 1.17 bits per heavy atom. The van der Waals surface area contributed by atoms with Gasteiger partial charge in [-0.3, -0.25) is 0 Å². The molecule has 2 rings (SSSR count). The number of benzene rings is 1. The van der Waals surface area contributed by atoms with Gasteiger partial charge in [-0.1, -0.05) is 15.9 Å². The average molecular weight is 310 g/mol. The summed E-state index contributed by atoms with van der Waals surface area (Å²) in [5.74, 6) is -2.43. The van der Waals surface area contributed by atoms with E-state index in [2.05, 4.69) is 20.9 Å². The SMILES string of the molecule is Cc1cc(Br)cc2c(C(=O)O)cc(C(=O)O)nc12. The fourth-order valence-corrected chi connectivity index (χ4v) is 2.32. The minimum Gasteiger partial charge on any atom is -0.478 e. The number of carboxylic acid groups (broad SMARTS) is 2. The molecule has 0 fully saturated rings. The van der Waals surface area contributed by atoms with Gasteiger partial charge in [0.25, 0.3) is 0 Å². The van der Waals surface area contributed by atoms with Gasteiger partial charge in [-0.15, -0.1) is 0 Å². The Morgan fingerprint density at radius 2 is 1.83 bits per heavy atom. The molecule has 0 unspecified atom stereocenters. The first-order valence-corrected chi connectivity index (χ1v) is 5.77. The van der Waals surface area contributed by atoms with Crippen LogP contribution in [0.25, 0.3) is 10.9 Å². The summed E-state index contributed by atoms with van der Waals surface area (Å²) in [6.45, 7) is 1.75. The van der Waals surface area contributed by atoms with Crippen molar-refractivity contribution in [1.29, 1.82) is 0 Å². The molecule has 0 saturated carbocycles. The maximum atomic E-state index is 11.2. The molecule has 0 bridgehead atoms. The molecule has 0 spiro atoms. The monoisotopic (exact) mass is 309 g/mol. The number of rotatable bonds is 2. The molecule has 18 heavy (non-hydrogen) atoms. The Bertz CT molecular complexity index is 681. The molecule has 2 N–H and O–H groups in total. The van der Waals surface area contributed by atoms with Crippen LogP contribution in [0.15, 0.2) is 22.7 Å². The van der Waals surface area contributed by atoms with Crippen molar-refractivity contribution in [2.75, 3.05) is 0 Å². The summed E-state index contributed by atoms with van der Waals surface area (Å²) < 4.78 is 0.722. The van der Waals surface area contributed by atoms with Crippen LogP contribution >= 0.6 is 15.9 Å². The van der Waals surface area contributed by atoms with E-state index in [0.717, 1.165) is 10.5 Å². The van der Waals surface area contributed by atoms with Crippen molar-refractivity contribution < 1.29 is 19.8 Å². The van der Waals surface area contributed by atoms with E-state index in [0.29, 0.717) is 16.5 Å². The van der Waals surface area contributed by atoms with Crippen LogP contribution in [-0.4, -0.2) is 27.1 Å². The number of hydrogen-bond donors (Lipinski definition) is 2. The fraction of sp³-hybridized carbons (Fsp3) is 0.0833. The second kappa shape index (κ2) is 4.38. The maximum absolute atomic E-state index is 11.2. The van der Waals surface area contributed by atoms with Crippen molar-refractivity contribution in [1.82, 2.24) is 4.98 Å². The molecule has 92 valence electrons. The van der Waals surface area contributed by atoms with Gasteiger partial charge in [0.05, 0.1) is 11.1 Å². The molecule has 6 heteroatoms. The van der Waals surface area contributed by atoms with E-state index in [1.165, 1.54) is 0 Å². The van der Waals surface area contributed by atoms with Crippen molar-refractivity contribution >= 4 is 38.8 Å². The van der Waals surface area contributed by atoms with Crippen molar-refractivity contribution in [3.63, 3.8) is 0 Å². The number of pyridine rings is 1. The standard InChI is InChI=1S/C12H8BrNO4/c1-5-2-6(13)3-7-8(11(15)16)4-9(12(17)18)14-10(5)7/h2-4H,1H3,(H,15,16)(H,17,18). The molecule has 0 atom stereocenters. The van der Waals surface area contributed by atoms with Gasteiger partial charge in [-0.05, 0) is 30.7 Å². The molecular weight excluding hydrogens is 302 g/mol. The number of fused-ring (bicyclic) bond motifs is 1. The minimum atomic E-state index is -1.25. The van der Waals surface area contributed by atoms with Gasteiger partial charge < -0.3 is 10.2 Å². The Balaban J connectivity index is 2.94. The van der Waals surface area contributed by atoms with Crippen LogP contribution in [0.5, 0.6) is 0 Å². The van der Waals surface area contributed by atoms with Crippen LogP contribution in [0.2, 0.25) is 0 Å². The van der Waals surface area contributed by atoms with E-state index in [1.807, 2.05) is 0 Å². The predicted octanol–water partition coefficient (Wildman–Crippen LogP) is 2.70. The van der Waals surface area contributed by atoms with Crippen LogP contribution < -0.4 is 0 Å². The van der Waals surface area contributed by atoms with Gasteiger partial charge >= 0.3 is 11.9 Å². The van der Waals surface area contributed by atoms with E-state index >= 15 is 0 Å². The number of aryl methyl sites for hydroxylation is 1. The largest absolute Gasteiger partial charge is 0.478 e. The molecule has 2 aromatic rings. The molecule has 1 heterocycles. The van der Waals surface area contributed by atoms with Gasteiger partial charge in [-0.25, -0.2) is 14.6 Å². The Kier molecular flexibility index (Phi) is 3.04. The number of carboxylic acids is 2. The van der Waals surface area contributed by atoms with Crippen LogP contribution in [0.3, 0.4) is 0 Å². The van der Waals surface area contributed by atoms with Gasteiger partial charge in [0, 0.05) is 9.86 Å². The lowest BCUT2D eigenvalue weighted by Gasteiger charge is -2.07. The van der Waals surface area contributed by atoms with Gasteiger partial charge in [0.15, 0.2) is 0 Å². The van der Waals surface area contributed by atoms with Crippen LogP contribution in [0, 0.1) is 6.92 Å². The van der Waals surface area contributed by atoms with Gasteiger partial charge in [-0.2, -0.15) is 0 Å². The smallest absolute Gasteiger partial charge is 0.354 e. The minimum absolute atomic E-state index is 0.0678. The number of halogens is 1. The van der Waals surface area contributed by atoms with Crippen LogP contribution in [0.4, 0.5) is 0 Å². The van der Waals surface area contributed by atoms with Gasteiger partial charge in [0.1, 0.15) is 5.69 Å². The van der Waals surface area contributed by atoms with E-state index in [-0.39, 0.29) is 11.3 Å². The molecule has 0 amide bonds. The van der Waals surface area contributed by atoms with E-state index < -0.39 is 11.9 Å². The fourth-order valence-electron chi connectivity index (χ4n) is 1.74. The molecule has 5 nitrogen and oxygen atoms in total. The topological polar surface area (TPSA) is 87.5 Å². The summed E-state index contributed by atoms with van der Waals surface area (Å²) in [6.07, 6.45) is 0. The average Bonchev–Trinajstić information content (AvgIpc) is 2.27. The number of nitrogens with zero attached hydrogens (tertiary/aromatic N) is 1. The Hall–Kier alpha value is -1.95. The molecule has 1 aromatic carbocycles. The molecule has 0 aliphatic heterocycles. The second-order valence-electron chi connectivity index (χ2n) is 3.78. The third kappa shape index (κ3) is 2.06. The molecule has 0 saturated heterocycles. The second-order valence-corrected chi connectivity index (χ2v) is 4.70. The normalized spacial score (nSPS) is 10.6. The van der Waals surface area contributed by atoms with Crippen molar-refractivity contribution in [3.8, 4) is 0 Å². The third-order valence-corrected chi connectivity index (χ3v) is 2.98. The first-order chi connectivity index (χ1) is 8.40. The highest BCUT2D eigenvalue weighted by atomic mass is 79.9. The first-order valence-electron chi connectivity index (χ1n) is 4.97. The zero-order valence-electron chi connectivity index (χ0n) is 9.27. The highest BCUT2D eigenvalue weighted by Gasteiger charge is 2.16. The maximum Gasteiger partial charge on any atom is 0.354 e.